The van der Waals surface area contributed by atoms with Gasteiger partial charge in [-0.2, -0.15) is 13.2 Å². The Bertz CT molecular complexity index is 615. The molecule has 1 aromatic carbocycles. The first-order valence-electron chi connectivity index (χ1n) is 7.73. The van der Waals surface area contributed by atoms with Crippen molar-refractivity contribution in [2.75, 3.05) is 19.6 Å². The summed E-state index contributed by atoms with van der Waals surface area (Å²) >= 11 is 0. The van der Waals surface area contributed by atoms with Crippen molar-refractivity contribution < 1.29 is 22.7 Å². The second kappa shape index (κ2) is 6.49. The number of oxazole rings is 1. The van der Waals surface area contributed by atoms with E-state index in [2.05, 4.69) is 4.98 Å². The maximum Gasteiger partial charge on any atom is 0.391 e. The number of nitrogens with zero attached hydrogens (tertiary/aromatic N) is 2. The zero-order chi connectivity index (χ0) is 16.4. The van der Waals surface area contributed by atoms with Gasteiger partial charge in [0.15, 0.2) is 11.5 Å². The molecule has 1 atom stereocenters. The lowest BCUT2D eigenvalue weighted by atomic mass is 9.96. The molecule has 0 bridgehead atoms. The van der Waals surface area contributed by atoms with Crippen molar-refractivity contribution in [2.24, 2.45) is 0 Å². The van der Waals surface area contributed by atoms with Crippen LogP contribution in [-0.2, 0) is 0 Å². The predicted octanol–water partition coefficient (Wildman–Crippen LogP) is 3.32. The molecule has 7 heteroatoms. The molecule has 0 amide bonds. The van der Waals surface area contributed by atoms with Gasteiger partial charge in [-0.15, -0.1) is 0 Å². The number of rotatable bonds is 4. The number of β-amino-alcohol motifs (C(OH)–C–C–N with tert-alkyl or cyclic N) is 1. The highest BCUT2D eigenvalue weighted by atomic mass is 19.4. The van der Waals surface area contributed by atoms with E-state index in [-0.39, 0.29) is 12.5 Å². The minimum atomic E-state index is -4.32. The Labute approximate surface area is 131 Å². The van der Waals surface area contributed by atoms with Crippen LogP contribution in [0.4, 0.5) is 13.2 Å². The number of hydrogen-bond acceptors (Lipinski definition) is 4. The molecule has 0 spiro atoms. The van der Waals surface area contributed by atoms with Crippen LogP contribution in [0.15, 0.2) is 28.7 Å². The molecule has 0 saturated carbocycles. The molecule has 1 aliphatic rings. The third-order valence-electron chi connectivity index (χ3n) is 4.18. The fraction of sp³-hybridized carbons (Fsp3) is 0.562. The van der Waals surface area contributed by atoms with Crippen molar-refractivity contribution in [1.82, 2.24) is 9.88 Å². The number of para-hydroxylation sites is 2. The van der Waals surface area contributed by atoms with Gasteiger partial charge in [-0.1, -0.05) is 12.1 Å². The zero-order valence-electron chi connectivity index (χ0n) is 12.6. The number of halogens is 3. The smallest absolute Gasteiger partial charge is 0.391 e. The molecule has 1 fully saturated rings. The summed E-state index contributed by atoms with van der Waals surface area (Å²) in [4.78, 5) is 6.36. The second-order valence-corrected chi connectivity index (χ2v) is 6.07. The van der Waals surface area contributed by atoms with E-state index in [1.165, 1.54) is 0 Å². The van der Waals surface area contributed by atoms with E-state index in [1.807, 2.05) is 29.2 Å². The summed E-state index contributed by atoms with van der Waals surface area (Å²) in [5.41, 5.74) is 1.58. The van der Waals surface area contributed by atoms with Crippen molar-refractivity contribution in [3.05, 3.63) is 30.2 Å². The van der Waals surface area contributed by atoms with Crippen LogP contribution in [0.2, 0.25) is 0 Å². The van der Waals surface area contributed by atoms with Crippen molar-refractivity contribution in [3.63, 3.8) is 0 Å². The summed E-state index contributed by atoms with van der Waals surface area (Å²) in [5, 5.41) is 9.52. The Kier molecular flexibility index (Phi) is 4.59. The zero-order valence-corrected chi connectivity index (χ0v) is 12.6. The molecule has 0 radical (unpaired) electrons. The van der Waals surface area contributed by atoms with E-state index in [1.54, 1.807) is 0 Å². The number of aromatic nitrogens is 1. The number of piperidine rings is 1. The van der Waals surface area contributed by atoms with Gasteiger partial charge in [0, 0.05) is 12.5 Å². The molecule has 1 N–H and O–H groups in total. The SMILES string of the molecule is OC(CN1CCC(c2nc3ccccc3o2)CC1)CC(F)(F)F. The first-order chi connectivity index (χ1) is 10.9. The summed E-state index contributed by atoms with van der Waals surface area (Å²) in [6.07, 6.45) is -5.30. The van der Waals surface area contributed by atoms with Gasteiger partial charge in [0.1, 0.15) is 5.52 Å². The number of benzene rings is 1. The van der Waals surface area contributed by atoms with E-state index < -0.39 is 18.7 Å². The molecular weight excluding hydrogens is 309 g/mol. The molecule has 1 aromatic heterocycles. The largest absolute Gasteiger partial charge is 0.440 e. The molecule has 0 aliphatic carbocycles. The summed E-state index contributed by atoms with van der Waals surface area (Å²) in [6, 6.07) is 7.56. The molecule has 2 heterocycles. The first-order valence-corrected chi connectivity index (χ1v) is 7.73. The monoisotopic (exact) mass is 328 g/mol. The van der Waals surface area contributed by atoms with Gasteiger partial charge in [-0.05, 0) is 38.1 Å². The average Bonchev–Trinajstić information content (AvgIpc) is 2.89. The molecule has 3 rings (SSSR count). The highest BCUT2D eigenvalue weighted by Gasteiger charge is 2.33. The number of aliphatic hydroxyl groups is 1. The van der Waals surface area contributed by atoms with Crippen molar-refractivity contribution in [1.29, 1.82) is 0 Å². The highest BCUT2D eigenvalue weighted by molar-refractivity contribution is 5.72. The summed E-state index contributed by atoms with van der Waals surface area (Å²) in [6.45, 7) is 1.33. The van der Waals surface area contributed by atoms with Gasteiger partial charge in [0.2, 0.25) is 0 Å². The van der Waals surface area contributed by atoms with Crippen molar-refractivity contribution in [3.8, 4) is 0 Å². The van der Waals surface area contributed by atoms with Crippen LogP contribution in [0.5, 0.6) is 0 Å². The highest BCUT2D eigenvalue weighted by Crippen LogP contribution is 2.30. The minimum absolute atomic E-state index is 0.0553. The normalized spacial score (nSPS) is 19.3. The van der Waals surface area contributed by atoms with Crippen molar-refractivity contribution in [2.45, 2.75) is 37.5 Å². The van der Waals surface area contributed by atoms with Gasteiger partial charge < -0.3 is 14.4 Å². The Morgan fingerprint density at radius 2 is 1.96 bits per heavy atom. The van der Waals surface area contributed by atoms with E-state index in [9.17, 15) is 18.3 Å². The average molecular weight is 328 g/mol. The Balaban J connectivity index is 1.54. The van der Waals surface area contributed by atoms with E-state index in [0.29, 0.717) is 19.0 Å². The van der Waals surface area contributed by atoms with E-state index in [0.717, 1.165) is 23.9 Å². The quantitative estimate of drug-likeness (QED) is 0.935. The lowest BCUT2D eigenvalue weighted by molar-refractivity contribution is -0.155. The number of fused-ring (bicyclic) bond motifs is 1. The Morgan fingerprint density at radius 3 is 2.61 bits per heavy atom. The minimum Gasteiger partial charge on any atom is -0.440 e. The molecule has 2 aromatic rings. The molecular formula is C16H19F3N2O2. The van der Waals surface area contributed by atoms with Gasteiger partial charge in [0.25, 0.3) is 0 Å². The van der Waals surface area contributed by atoms with Crippen LogP contribution in [0.1, 0.15) is 31.1 Å². The van der Waals surface area contributed by atoms with Crippen LogP contribution >= 0.6 is 0 Å². The Morgan fingerprint density at radius 1 is 1.26 bits per heavy atom. The molecule has 1 saturated heterocycles. The van der Waals surface area contributed by atoms with Crippen LogP contribution in [0.3, 0.4) is 0 Å². The van der Waals surface area contributed by atoms with Crippen LogP contribution in [0.25, 0.3) is 11.1 Å². The number of hydrogen-bond donors (Lipinski definition) is 1. The van der Waals surface area contributed by atoms with Crippen molar-refractivity contribution >= 4 is 11.1 Å². The molecule has 4 nitrogen and oxygen atoms in total. The van der Waals surface area contributed by atoms with Gasteiger partial charge >= 0.3 is 6.18 Å². The summed E-state index contributed by atoms with van der Waals surface area (Å²) < 4.78 is 42.5. The number of likely N-dealkylation sites (tertiary alicyclic amines) is 1. The van der Waals surface area contributed by atoms with E-state index in [4.69, 9.17) is 4.42 Å². The summed E-state index contributed by atoms with van der Waals surface area (Å²) in [5.74, 6) is 0.875. The molecule has 1 unspecified atom stereocenters. The third-order valence-corrected chi connectivity index (χ3v) is 4.18. The maximum absolute atomic E-state index is 12.2. The molecule has 126 valence electrons. The van der Waals surface area contributed by atoms with Gasteiger partial charge in [-0.25, -0.2) is 4.98 Å². The fourth-order valence-electron chi connectivity index (χ4n) is 3.06. The fourth-order valence-corrected chi connectivity index (χ4v) is 3.06. The lowest BCUT2D eigenvalue weighted by Crippen LogP contribution is -2.39. The molecule has 1 aliphatic heterocycles. The maximum atomic E-state index is 12.2. The third kappa shape index (κ3) is 4.23. The lowest BCUT2D eigenvalue weighted by Gasteiger charge is -2.32. The molecule has 23 heavy (non-hydrogen) atoms. The van der Waals surface area contributed by atoms with Crippen LogP contribution in [0, 0.1) is 0 Å². The van der Waals surface area contributed by atoms with E-state index >= 15 is 0 Å². The van der Waals surface area contributed by atoms with Crippen LogP contribution < -0.4 is 0 Å². The second-order valence-electron chi connectivity index (χ2n) is 6.07. The topological polar surface area (TPSA) is 49.5 Å². The number of aliphatic hydroxyl groups excluding tert-OH is 1. The van der Waals surface area contributed by atoms with Gasteiger partial charge in [-0.3, -0.25) is 0 Å². The summed E-state index contributed by atoms with van der Waals surface area (Å²) in [7, 11) is 0. The Hall–Kier alpha value is -1.60. The predicted molar refractivity (Wildman–Crippen MR) is 79.1 cm³/mol. The van der Waals surface area contributed by atoms with Gasteiger partial charge in [0.05, 0.1) is 12.5 Å². The standard InChI is InChI=1S/C16H19F3N2O2/c17-16(18,19)9-12(22)10-21-7-5-11(6-8-21)15-20-13-3-1-2-4-14(13)23-15/h1-4,11-12,22H,5-10H2. The van der Waals surface area contributed by atoms with Crippen LogP contribution in [-0.4, -0.2) is 46.9 Å². The number of alkyl halides is 3. The first kappa shape index (κ1) is 16.3.